The highest BCUT2D eigenvalue weighted by atomic mass is 16.5. The summed E-state index contributed by atoms with van der Waals surface area (Å²) in [5.74, 6) is 1.84. The lowest BCUT2D eigenvalue weighted by molar-refractivity contribution is 0.355. The molecule has 0 aliphatic heterocycles. The van der Waals surface area contributed by atoms with Gasteiger partial charge in [-0.15, -0.1) is 0 Å². The molecule has 5 N–H and O–H groups in total. The molecular formula is C15H23N5O2. The van der Waals surface area contributed by atoms with E-state index < -0.39 is 0 Å². The van der Waals surface area contributed by atoms with E-state index in [1.165, 1.54) is 0 Å². The number of ether oxygens (including phenoxy) is 2. The Morgan fingerprint density at radius 3 is 2.41 bits per heavy atom. The number of rotatable bonds is 6. The van der Waals surface area contributed by atoms with Crippen LogP contribution >= 0.6 is 0 Å². The van der Waals surface area contributed by atoms with Crippen molar-refractivity contribution in [1.82, 2.24) is 9.78 Å². The molecule has 1 heterocycles. The van der Waals surface area contributed by atoms with E-state index in [2.05, 4.69) is 10.4 Å². The SMILES string of the molecule is COc1ccc(NCc2nn(C(C)C)c(N)c2N)cc1OC. The van der Waals surface area contributed by atoms with Crippen LogP contribution in [-0.4, -0.2) is 24.0 Å². The van der Waals surface area contributed by atoms with Crippen LogP contribution in [0.5, 0.6) is 11.5 Å². The van der Waals surface area contributed by atoms with Crippen molar-refractivity contribution in [3.05, 3.63) is 23.9 Å². The first kappa shape index (κ1) is 15.8. The molecule has 0 spiro atoms. The average Bonchev–Trinajstić information content (AvgIpc) is 2.80. The maximum absolute atomic E-state index is 6.01. The van der Waals surface area contributed by atoms with Crippen LogP contribution in [0, 0.1) is 0 Å². The molecule has 0 bridgehead atoms. The Bertz CT molecular complexity index is 652. The van der Waals surface area contributed by atoms with Crippen LogP contribution < -0.4 is 26.3 Å². The summed E-state index contributed by atoms with van der Waals surface area (Å²) in [7, 11) is 3.21. The molecule has 0 aliphatic rings. The number of nitrogens with zero attached hydrogens (tertiary/aromatic N) is 2. The Morgan fingerprint density at radius 2 is 1.86 bits per heavy atom. The summed E-state index contributed by atoms with van der Waals surface area (Å²) in [5.41, 5.74) is 14.1. The smallest absolute Gasteiger partial charge is 0.162 e. The minimum atomic E-state index is 0.164. The quantitative estimate of drug-likeness (QED) is 0.757. The minimum absolute atomic E-state index is 0.164. The molecular weight excluding hydrogens is 282 g/mol. The summed E-state index contributed by atoms with van der Waals surface area (Å²) in [6.07, 6.45) is 0. The van der Waals surface area contributed by atoms with Crippen molar-refractivity contribution in [2.75, 3.05) is 31.0 Å². The van der Waals surface area contributed by atoms with Crippen molar-refractivity contribution in [3.63, 3.8) is 0 Å². The van der Waals surface area contributed by atoms with E-state index in [0.717, 1.165) is 11.4 Å². The third-order valence-corrected chi connectivity index (χ3v) is 3.39. The van der Waals surface area contributed by atoms with Gasteiger partial charge in [0.15, 0.2) is 11.5 Å². The summed E-state index contributed by atoms with van der Waals surface area (Å²) in [4.78, 5) is 0. The lowest BCUT2D eigenvalue weighted by atomic mass is 10.2. The van der Waals surface area contributed by atoms with Crippen LogP contribution in [0.3, 0.4) is 0 Å². The Labute approximate surface area is 130 Å². The van der Waals surface area contributed by atoms with Gasteiger partial charge in [-0.2, -0.15) is 5.10 Å². The molecule has 0 saturated heterocycles. The molecule has 120 valence electrons. The summed E-state index contributed by atoms with van der Waals surface area (Å²) in [6, 6.07) is 5.76. The molecule has 0 aliphatic carbocycles. The van der Waals surface area contributed by atoms with Crippen molar-refractivity contribution in [2.45, 2.75) is 26.4 Å². The third kappa shape index (κ3) is 3.03. The number of nitrogens with two attached hydrogens (primary N) is 2. The van der Waals surface area contributed by atoms with Crippen LogP contribution in [0.2, 0.25) is 0 Å². The van der Waals surface area contributed by atoms with Crippen molar-refractivity contribution < 1.29 is 9.47 Å². The second-order valence-electron chi connectivity index (χ2n) is 5.21. The van der Waals surface area contributed by atoms with Gasteiger partial charge in [0.1, 0.15) is 11.5 Å². The lowest BCUT2D eigenvalue weighted by Gasteiger charge is -2.10. The van der Waals surface area contributed by atoms with Gasteiger partial charge in [-0.25, -0.2) is 4.68 Å². The van der Waals surface area contributed by atoms with E-state index in [0.29, 0.717) is 29.5 Å². The zero-order valence-electron chi connectivity index (χ0n) is 13.4. The van der Waals surface area contributed by atoms with Crippen LogP contribution in [0.25, 0.3) is 0 Å². The Hall–Kier alpha value is -2.57. The summed E-state index contributed by atoms with van der Waals surface area (Å²) >= 11 is 0. The first-order chi connectivity index (χ1) is 10.5. The van der Waals surface area contributed by atoms with E-state index in [4.69, 9.17) is 20.9 Å². The lowest BCUT2D eigenvalue weighted by Crippen LogP contribution is -2.08. The summed E-state index contributed by atoms with van der Waals surface area (Å²) in [5, 5.41) is 7.71. The second kappa shape index (κ2) is 6.46. The predicted octanol–water partition coefficient (Wildman–Crippen LogP) is 2.26. The molecule has 1 aromatic heterocycles. The fourth-order valence-electron chi connectivity index (χ4n) is 2.17. The molecule has 0 fully saturated rings. The van der Waals surface area contributed by atoms with Gasteiger partial charge in [-0.1, -0.05) is 0 Å². The Kier molecular flexibility index (Phi) is 4.65. The van der Waals surface area contributed by atoms with Gasteiger partial charge in [0.25, 0.3) is 0 Å². The highest BCUT2D eigenvalue weighted by Crippen LogP contribution is 2.30. The second-order valence-corrected chi connectivity index (χ2v) is 5.21. The van der Waals surface area contributed by atoms with E-state index in [-0.39, 0.29) is 6.04 Å². The molecule has 2 rings (SSSR count). The van der Waals surface area contributed by atoms with Crippen molar-refractivity contribution in [3.8, 4) is 11.5 Å². The number of nitrogen functional groups attached to an aromatic ring is 2. The van der Waals surface area contributed by atoms with E-state index >= 15 is 0 Å². The summed E-state index contributed by atoms with van der Waals surface area (Å²) in [6.45, 7) is 4.49. The number of aromatic nitrogens is 2. The minimum Gasteiger partial charge on any atom is -0.493 e. The molecule has 22 heavy (non-hydrogen) atoms. The average molecular weight is 305 g/mol. The number of hydrogen-bond acceptors (Lipinski definition) is 6. The van der Waals surface area contributed by atoms with Gasteiger partial charge in [-0.05, 0) is 26.0 Å². The van der Waals surface area contributed by atoms with Crippen LogP contribution in [0.15, 0.2) is 18.2 Å². The van der Waals surface area contributed by atoms with E-state index in [1.807, 2.05) is 32.0 Å². The molecule has 0 atom stereocenters. The van der Waals surface area contributed by atoms with Crippen LogP contribution in [0.4, 0.5) is 17.2 Å². The van der Waals surface area contributed by atoms with Gasteiger partial charge < -0.3 is 26.3 Å². The molecule has 7 heteroatoms. The zero-order chi connectivity index (χ0) is 16.3. The standard InChI is InChI=1S/C15H23N5O2/c1-9(2)20-15(17)14(16)11(19-20)8-18-10-5-6-12(21-3)13(7-10)22-4/h5-7,9,18H,8,16-17H2,1-4H3. The first-order valence-electron chi connectivity index (χ1n) is 7.06. The molecule has 2 aromatic rings. The van der Waals surface area contributed by atoms with E-state index in [9.17, 15) is 0 Å². The number of anilines is 3. The normalized spacial score (nSPS) is 10.8. The van der Waals surface area contributed by atoms with Crippen molar-refractivity contribution >= 4 is 17.2 Å². The first-order valence-corrected chi connectivity index (χ1v) is 7.06. The van der Waals surface area contributed by atoms with Crippen LogP contribution in [0.1, 0.15) is 25.6 Å². The zero-order valence-corrected chi connectivity index (χ0v) is 13.4. The molecule has 1 aromatic carbocycles. The number of nitrogens with one attached hydrogen (secondary N) is 1. The predicted molar refractivity (Wildman–Crippen MR) is 88.3 cm³/mol. The fourth-order valence-corrected chi connectivity index (χ4v) is 2.17. The monoisotopic (exact) mass is 305 g/mol. The van der Waals surface area contributed by atoms with Crippen molar-refractivity contribution in [1.29, 1.82) is 0 Å². The fraction of sp³-hybridized carbons (Fsp3) is 0.400. The Balaban J connectivity index is 2.15. The summed E-state index contributed by atoms with van der Waals surface area (Å²) < 4.78 is 12.2. The van der Waals surface area contributed by atoms with Crippen LogP contribution in [-0.2, 0) is 6.54 Å². The Morgan fingerprint density at radius 1 is 1.18 bits per heavy atom. The number of methoxy groups -OCH3 is 2. The molecule has 0 amide bonds. The third-order valence-electron chi connectivity index (χ3n) is 3.39. The maximum Gasteiger partial charge on any atom is 0.162 e. The van der Waals surface area contributed by atoms with Gasteiger partial charge in [0.2, 0.25) is 0 Å². The molecule has 0 saturated carbocycles. The topological polar surface area (TPSA) is 100 Å². The number of hydrogen-bond donors (Lipinski definition) is 3. The highest BCUT2D eigenvalue weighted by molar-refractivity contribution is 5.63. The van der Waals surface area contributed by atoms with Crippen molar-refractivity contribution in [2.24, 2.45) is 0 Å². The van der Waals surface area contributed by atoms with Gasteiger partial charge in [0.05, 0.1) is 26.5 Å². The van der Waals surface area contributed by atoms with Gasteiger partial charge >= 0.3 is 0 Å². The highest BCUT2D eigenvalue weighted by Gasteiger charge is 2.14. The molecule has 0 unspecified atom stereocenters. The maximum atomic E-state index is 6.01. The van der Waals surface area contributed by atoms with E-state index in [1.54, 1.807) is 18.9 Å². The molecule has 0 radical (unpaired) electrons. The van der Waals surface area contributed by atoms with Gasteiger partial charge in [0, 0.05) is 17.8 Å². The number of benzene rings is 1. The van der Waals surface area contributed by atoms with Gasteiger partial charge in [-0.3, -0.25) is 0 Å². The molecule has 7 nitrogen and oxygen atoms in total. The largest absolute Gasteiger partial charge is 0.493 e.